The molecule has 0 spiro atoms. The molecule has 1 atom stereocenters. The number of nitrogens with one attached hydrogen (secondary N) is 2. The summed E-state index contributed by atoms with van der Waals surface area (Å²) in [6.07, 6.45) is -0.255. The van der Waals surface area contributed by atoms with Gasteiger partial charge in [0.15, 0.2) is 0 Å². The Bertz CT molecular complexity index is 961. The molecule has 2 aromatic rings. The molecule has 1 aliphatic rings. The Hall–Kier alpha value is -3.28. The highest BCUT2D eigenvalue weighted by Gasteiger charge is 2.32. The van der Waals surface area contributed by atoms with Gasteiger partial charge in [-0.15, -0.1) is 0 Å². The average Bonchev–Trinajstić information content (AvgIpc) is 2.64. The standard InChI is InChI=1S/C23H26N2O4/c1-13(2)28-22(26)20-16(5)24-23(27)25-21(20)17-9-11-18(12-10-17)29-19-8-6-7-14(3)15(19)4/h6-13,21H,1-5H3,(H2,24,25,27). The first-order valence-corrected chi connectivity index (χ1v) is 9.59. The lowest BCUT2D eigenvalue weighted by molar-refractivity contribution is -0.143. The van der Waals surface area contributed by atoms with Gasteiger partial charge in [-0.2, -0.15) is 0 Å². The van der Waals surface area contributed by atoms with E-state index in [1.165, 1.54) is 0 Å². The van der Waals surface area contributed by atoms with Gasteiger partial charge in [0.25, 0.3) is 0 Å². The zero-order valence-electron chi connectivity index (χ0n) is 17.3. The number of amides is 2. The molecular formula is C23H26N2O4. The van der Waals surface area contributed by atoms with Gasteiger partial charge < -0.3 is 20.1 Å². The fourth-order valence-electron chi connectivity index (χ4n) is 3.18. The van der Waals surface area contributed by atoms with Gasteiger partial charge in [-0.3, -0.25) is 0 Å². The molecule has 0 fully saturated rings. The molecule has 6 nitrogen and oxygen atoms in total. The Labute approximate surface area is 170 Å². The molecule has 2 N–H and O–H groups in total. The second kappa shape index (κ2) is 8.39. The van der Waals surface area contributed by atoms with Gasteiger partial charge in [0.1, 0.15) is 11.5 Å². The first kappa shape index (κ1) is 20.5. The topological polar surface area (TPSA) is 76.7 Å². The van der Waals surface area contributed by atoms with Crippen LogP contribution in [0.5, 0.6) is 11.5 Å². The van der Waals surface area contributed by atoms with Crippen LogP contribution >= 0.6 is 0 Å². The van der Waals surface area contributed by atoms with Crippen molar-refractivity contribution in [3.05, 3.63) is 70.4 Å². The summed E-state index contributed by atoms with van der Waals surface area (Å²) in [5.41, 5.74) is 3.88. The van der Waals surface area contributed by atoms with Crippen LogP contribution in [-0.4, -0.2) is 18.1 Å². The van der Waals surface area contributed by atoms with Crippen LogP contribution in [0, 0.1) is 13.8 Å². The van der Waals surface area contributed by atoms with Crippen LogP contribution in [0.3, 0.4) is 0 Å². The predicted molar refractivity (Wildman–Crippen MR) is 111 cm³/mol. The number of carbonyl (C=O) groups is 2. The van der Waals surface area contributed by atoms with Crippen molar-refractivity contribution in [1.82, 2.24) is 10.6 Å². The Morgan fingerprint density at radius 2 is 1.72 bits per heavy atom. The summed E-state index contributed by atoms with van der Waals surface area (Å²) < 4.78 is 11.4. The van der Waals surface area contributed by atoms with Crippen molar-refractivity contribution in [2.24, 2.45) is 0 Å². The van der Waals surface area contributed by atoms with Crippen LogP contribution in [0.15, 0.2) is 53.7 Å². The molecule has 1 unspecified atom stereocenters. The lowest BCUT2D eigenvalue weighted by Gasteiger charge is -2.28. The normalized spacial score (nSPS) is 16.3. The maximum absolute atomic E-state index is 12.6. The van der Waals surface area contributed by atoms with E-state index in [1.54, 1.807) is 20.8 Å². The van der Waals surface area contributed by atoms with Crippen LogP contribution in [0.25, 0.3) is 0 Å². The number of urea groups is 1. The first-order valence-electron chi connectivity index (χ1n) is 9.59. The maximum atomic E-state index is 12.6. The van der Waals surface area contributed by atoms with Crippen molar-refractivity contribution in [3.8, 4) is 11.5 Å². The number of esters is 1. The van der Waals surface area contributed by atoms with Gasteiger partial charge >= 0.3 is 12.0 Å². The minimum Gasteiger partial charge on any atom is -0.459 e. The van der Waals surface area contributed by atoms with Crippen molar-refractivity contribution in [2.45, 2.75) is 46.8 Å². The highest BCUT2D eigenvalue weighted by Crippen LogP contribution is 2.31. The van der Waals surface area contributed by atoms with Gasteiger partial charge in [-0.25, -0.2) is 9.59 Å². The summed E-state index contributed by atoms with van der Waals surface area (Å²) in [6, 6.07) is 12.3. The second-order valence-corrected chi connectivity index (χ2v) is 7.39. The lowest BCUT2D eigenvalue weighted by atomic mass is 9.95. The van der Waals surface area contributed by atoms with Crippen molar-refractivity contribution >= 4 is 12.0 Å². The molecule has 2 aromatic carbocycles. The Morgan fingerprint density at radius 3 is 2.38 bits per heavy atom. The number of hydrogen-bond acceptors (Lipinski definition) is 4. The van der Waals surface area contributed by atoms with Crippen LogP contribution in [-0.2, 0) is 9.53 Å². The van der Waals surface area contributed by atoms with Crippen molar-refractivity contribution in [2.75, 3.05) is 0 Å². The van der Waals surface area contributed by atoms with E-state index in [2.05, 4.69) is 10.6 Å². The van der Waals surface area contributed by atoms with Gasteiger partial charge in [0.05, 0.1) is 17.7 Å². The molecule has 3 rings (SSSR count). The first-order chi connectivity index (χ1) is 13.8. The molecule has 6 heteroatoms. The van der Waals surface area contributed by atoms with Crippen LogP contribution in [0.4, 0.5) is 4.79 Å². The van der Waals surface area contributed by atoms with Crippen molar-refractivity contribution < 1.29 is 19.1 Å². The third-order valence-corrected chi connectivity index (χ3v) is 4.83. The smallest absolute Gasteiger partial charge is 0.338 e. The predicted octanol–water partition coefficient (Wildman–Crippen LogP) is 4.68. The summed E-state index contributed by atoms with van der Waals surface area (Å²) in [5, 5.41) is 5.45. The molecule has 0 aromatic heterocycles. The van der Waals surface area contributed by atoms with E-state index in [4.69, 9.17) is 9.47 Å². The zero-order chi connectivity index (χ0) is 21.1. The summed E-state index contributed by atoms with van der Waals surface area (Å²) >= 11 is 0. The molecule has 1 heterocycles. The second-order valence-electron chi connectivity index (χ2n) is 7.39. The molecule has 0 saturated carbocycles. The number of benzene rings is 2. The largest absolute Gasteiger partial charge is 0.459 e. The van der Waals surface area contributed by atoms with Crippen molar-refractivity contribution in [3.63, 3.8) is 0 Å². The van der Waals surface area contributed by atoms with Crippen molar-refractivity contribution in [1.29, 1.82) is 0 Å². The highest BCUT2D eigenvalue weighted by molar-refractivity contribution is 5.95. The maximum Gasteiger partial charge on any atom is 0.338 e. The molecule has 1 aliphatic heterocycles. The SMILES string of the molecule is CC1=C(C(=O)OC(C)C)C(c2ccc(Oc3cccc(C)c3C)cc2)NC(=O)N1. The third kappa shape index (κ3) is 4.59. The fourth-order valence-corrected chi connectivity index (χ4v) is 3.18. The van der Waals surface area contributed by atoms with Gasteiger partial charge in [-0.05, 0) is 69.5 Å². The number of carbonyl (C=O) groups excluding carboxylic acids is 2. The van der Waals surface area contributed by atoms with Crippen LogP contribution in [0.1, 0.15) is 43.5 Å². The Morgan fingerprint density at radius 1 is 1.03 bits per heavy atom. The quantitative estimate of drug-likeness (QED) is 0.722. The van der Waals surface area contributed by atoms with E-state index in [0.29, 0.717) is 17.0 Å². The molecule has 0 bridgehead atoms. The van der Waals surface area contributed by atoms with Gasteiger partial charge in [-0.1, -0.05) is 24.3 Å². The number of rotatable bonds is 5. The van der Waals surface area contributed by atoms with E-state index in [1.807, 2.05) is 56.3 Å². The van der Waals surface area contributed by atoms with Crippen LogP contribution < -0.4 is 15.4 Å². The monoisotopic (exact) mass is 394 g/mol. The van der Waals surface area contributed by atoms with Crippen LogP contribution in [0.2, 0.25) is 0 Å². The van der Waals surface area contributed by atoms with E-state index in [-0.39, 0.29) is 12.1 Å². The summed E-state index contributed by atoms with van der Waals surface area (Å²) in [4.78, 5) is 24.6. The van der Waals surface area contributed by atoms with E-state index >= 15 is 0 Å². The molecule has 2 amide bonds. The Balaban J connectivity index is 1.87. The van der Waals surface area contributed by atoms with E-state index < -0.39 is 12.0 Å². The van der Waals surface area contributed by atoms with E-state index in [0.717, 1.165) is 22.4 Å². The third-order valence-electron chi connectivity index (χ3n) is 4.83. The number of aryl methyl sites for hydroxylation is 1. The van der Waals surface area contributed by atoms with Gasteiger partial charge in [0, 0.05) is 5.70 Å². The summed E-state index contributed by atoms with van der Waals surface area (Å²) in [7, 11) is 0. The fraction of sp³-hybridized carbons (Fsp3) is 0.304. The minimum atomic E-state index is -0.593. The molecule has 0 saturated heterocycles. The molecule has 152 valence electrons. The highest BCUT2D eigenvalue weighted by atomic mass is 16.5. The average molecular weight is 394 g/mol. The van der Waals surface area contributed by atoms with E-state index in [9.17, 15) is 9.59 Å². The molecule has 0 radical (unpaired) electrons. The number of allylic oxidation sites excluding steroid dienone is 1. The lowest BCUT2D eigenvalue weighted by Crippen LogP contribution is -2.45. The molecular weight excluding hydrogens is 368 g/mol. The summed E-state index contributed by atoms with van der Waals surface area (Å²) in [6.45, 7) is 9.33. The minimum absolute atomic E-state index is 0.255. The number of hydrogen-bond donors (Lipinski definition) is 2. The number of ether oxygens (including phenoxy) is 2. The molecule has 0 aliphatic carbocycles. The van der Waals surface area contributed by atoms with Gasteiger partial charge in [0.2, 0.25) is 0 Å². The zero-order valence-corrected chi connectivity index (χ0v) is 17.3. The summed E-state index contributed by atoms with van der Waals surface area (Å²) in [5.74, 6) is 1.02. The molecule has 29 heavy (non-hydrogen) atoms. The Kier molecular flexibility index (Phi) is 5.92.